The standard InChI is InChI=1S/C16H21N3O/c1-3-13-11(2)18-15-5-4-12(10-14(15)16(13)17)19-6-8-20-9-7-19/h4-5,10H,3,6-9H2,1-2H3,(H2,17,18). The molecule has 2 aromatic rings. The lowest BCUT2D eigenvalue weighted by Gasteiger charge is -2.29. The SMILES string of the molecule is CCc1c(C)nc2ccc(N3CCOCC3)cc2c1N. The summed E-state index contributed by atoms with van der Waals surface area (Å²) in [7, 11) is 0. The molecule has 1 fully saturated rings. The van der Waals surface area contributed by atoms with Gasteiger partial charge < -0.3 is 15.4 Å². The Balaban J connectivity index is 2.09. The van der Waals surface area contributed by atoms with E-state index in [0.29, 0.717) is 0 Å². The van der Waals surface area contributed by atoms with E-state index in [-0.39, 0.29) is 0 Å². The molecule has 20 heavy (non-hydrogen) atoms. The van der Waals surface area contributed by atoms with E-state index in [1.807, 2.05) is 6.92 Å². The fourth-order valence-corrected chi connectivity index (χ4v) is 2.91. The molecular formula is C16H21N3O. The molecule has 0 aliphatic carbocycles. The largest absolute Gasteiger partial charge is 0.398 e. The fourth-order valence-electron chi connectivity index (χ4n) is 2.91. The molecule has 0 spiro atoms. The van der Waals surface area contributed by atoms with Crippen LogP contribution in [-0.4, -0.2) is 31.3 Å². The summed E-state index contributed by atoms with van der Waals surface area (Å²) in [5, 5.41) is 1.07. The number of aromatic nitrogens is 1. The van der Waals surface area contributed by atoms with Crippen LogP contribution in [0.1, 0.15) is 18.2 Å². The van der Waals surface area contributed by atoms with Gasteiger partial charge >= 0.3 is 0 Å². The Morgan fingerprint density at radius 2 is 2.05 bits per heavy atom. The van der Waals surface area contributed by atoms with E-state index in [1.165, 1.54) is 5.69 Å². The first-order chi connectivity index (χ1) is 9.70. The number of pyridine rings is 1. The monoisotopic (exact) mass is 271 g/mol. The van der Waals surface area contributed by atoms with Crippen LogP contribution in [0.15, 0.2) is 18.2 Å². The first kappa shape index (κ1) is 13.2. The lowest BCUT2D eigenvalue weighted by atomic mass is 10.0. The minimum Gasteiger partial charge on any atom is -0.398 e. The molecule has 4 nitrogen and oxygen atoms in total. The molecule has 1 saturated heterocycles. The van der Waals surface area contributed by atoms with Crippen molar-refractivity contribution < 1.29 is 4.74 Å². The molecule has 2 N–H and O–H groups in total. The second-order valence-corrected chi connectivity index (χ2v) is 5.24. The fraction of sp³-hybridized carbons (Fsp3) is 0.438. The Labute approximate surface area is 119 Å². The number of hydrogen-bond donors (Lipinski definition) is 1. The molecule has 3 rings (SSSR count). The molecule has 0 atom stereocenters. The zero-order chi connectivity index (χ0) is 14.1. The lowest BCUT2D eigenvalue weighted by Crippen LogP contribution is -2.36. The highest BCUT2D eigenvalue weighted by molar-refractivity contribution is 5.94. The number of benzene rings is 1. The quantitative estimate of drug-likeness (QED) is 0.912. The van der Waals surface area contributed by atoms with Crippen molar-refractivity contribution >= 4 is 22.3 Å². The van der Waals surface area contributed by atoms with Gasteiger partial charge in [-0.2, -0.15) is 0 Å². The molecule has 1 aliphatic heterocycles. The Hall–Kier alpha value is -1.81. The van der Waals surface area contributed by atoms with Crippen molar-refractivity contribution in [2.75, 3.05) is 36.9 Å². The highest BCUT2D eigenvalue weighted by atomic mass is 16.5. The molecule has 0 amide bonds. The predicted octanol–water partition coefficient (Wildman–Crippen LogP) is 2.52. The zero-order valence-electron chi connectivity index (χ0n) is 12.1. The molecule has 0 unspecified atom stereocenters. The van der Waals surface area contributed by atoms with Gasteiger partial charge in [0, 0.05) is 35.5 Å². The van der Waals surface area contributed by atoms with Gasteiger partial charge in [-0.1, -0.05) is 6.92 Å². The minimum atomic E-state index is 0.792. The van der Waals surface area contributed by atoms with Gasteiger partial charge in [0.1, 0.15) is 0 Å². The second kappa shape index (κ2) is 5.29. The van der Waals surface area contributed by atoms with E-state index < -0.39 is 0 Å². The van der Waals surface area contributed by atoms with Gasteiger partial charge in [-0.3, -0.25) is 4.98 Å². The van der Waals surface area contributed by atoms with Crippen molar-refractivity contribution in [3.63, 3.8) is 0 Å². The molecule has 1 aliphatic rings. The number of nitrogens with zero attached hydrogens (tertiary/aromatic N) is 2. The number of nitrogen functional groups attached to an aromatic ring is 1. The summed E-state index contributed by atoms with van der Waals surface area (Å²) in [5.41, 5.74) is 11.6. The molecule has 0 radical (unpaired) electrons. The molecule has 1 aromatic carbocycles. The zero-order valence-corrected chi connectivity index (χ0v) is 12.1. The maximum absolute atomic E-state index is 6.35. The van der Waals surface area contributed by atoms with E-state index in [4.69, 9.17) is 10.5 Å². The number of nitrogens with two attached hydrogens (primary N) is 1. The normalized spacial score (nSPS) is 15.8. The third-order valence-corrected chi connectivity index (χ3v) is 4.05. The molecule has 1 aromatic heterocycles. The first-order valence-electron chi connectivity index (χ1n) is 7.22. The van der Waals surface area contributed by atoms with Gasteiger partial charge in [0.25, 0.3) is 0 Å². The summed E-state index contributed by atoms with van der Waals surface area (Å²) in [5.74, 6) is 0. The summed E-state index contributed by atoms with van der Waals surface area (Å²) in [4.78, 5) is 7.01. The maximum Gasteiger partial charge on any atom is 0.0727 e. The van der Waals surface area contributed by atoms with Crippen LogP contribution in [-0.2, 0) is 11.2 Å². The molecular weight excluding hydrogens is 250 g/mol. The van der Waals surface area contributed by atoms with Crippen molar-refractivity contribution in [2.45, 2.75) is 20.3 Å². The van der Waals surface area contributed by atoms with E-state index in [9.17, 15) is 0 Å². The molecule has 4 heteroatoms. The van der Waals surface area contributed by atoms with Crippen molar-refractivity contribution in [3.05, 3.63) is 29.5 Å². The minimum absolute atomic E-state index is 0.792. The van der Waals surface area contributed by atoms with Crippen molar-refractivity contribution in [2.24, 2.45) is 0 Å². The van der Waals surface area contributed by atoms with Crippen LogP contribution < -0.4 is 10.6 Å². The Kier molecular flexibility index (Phi) is 3.49. The maximum atomic E-state index is 6.35. The average molecular weight is 271 g/mol. The first-order valence-corrected chi connectivity index (χ1v) is 7.22. The van der Waals surface area contributed by atoms with E-state index in [0.717, 1.165) is 60.6 Å². The number of anilines is 2. The molecule has 0 bridgehead atoms. The highest BCUT2D eigenvalue weighted by Gasteiger charge is 2.14. The predicted molar refractivity (Wildman–Crippen MR) is 83.3 cm³/mol. The van der Waals surface area contributed by atoms with E-state index in [1.54, 1.807) is 0 Å². The second-order valence-electron chi connectivity index (χ2n) is 5.24. The Morgan fingerprint density at radius 1 is 1.30 bits per heavy atom. The summed E-state index contributed by atoms with van der Waals surface area (Å²) >= 11 is 0. The van der Waals surface area contributed by atoms with E-state index in [2.05, 4.69) is 35.0 Å². The molecule has 2 heterocycles. The van der Waals surface area contributed by atoms with Crippen LogP contribution in [0.5, 0.6) is 0 Å². The lowest BCUT2D eigenvalue weighted by molar-refractivity contribution is 0.122. The van der Waals surface area contributed by atoms with Crippen LogP contribution in [0.3, 0.4) is 0 Å². The summed E-state index contributed by atoms with van der Waals surface area (Å²) in [6, 6.07) is 6.37. The van der Waals surface area contributed by atoms with Gasteiger partial charge in [-0.25, -0.2) is 0 Å². The number of fused-ring (bicyclic) bond motifs is 1. The molecule has 106 valence electrons. The number of ether oxygens (including phenoxy) is 1. The van der Waals surface area contributed by atoms with Gasteiger partial charge in [0.2, 0.25) is 0 Å². The number of hydrogen-bond acceptors (Lipinski definition) is 4. The van der Waals surface area contributed by atoms with Crippen molar-refractivity contribution in [1.82, 2.24) is 4.98 Å². The smallest absolute Gasteiger partial charge is 0.0727 e. The van der Waals surface area contributed by atoms with Gasteiger partial charge in [0.15, 0.2) is 0 Å². The number of aryl methyl sites for hydroxylation is 1. The van der Waals surface area contributed by atoms with Crippen LogP contribution in [0.4, 0.5) is 11.4 Å². The van der Waals surface area contributed by atoms with Gasteiger partial charge in [-0.05, 0) is 37.1 Å². The van der Waals surface area contributed by atoms with Crippen molar-refractivity contribution in [1.29, 1.82) is 0 Å². The summed E-state index contributed by atoms with van der Waals surface area (Å²) in [6.07, 6.45) is 0.919. The van der Waals surface area contributed by atoms with Crippen LogP contribution in [0.25, 0.3) is 10.9 Å². The van der Waals surface area contributed by atoms with Gasteiger partial charge in [0.05, 0.1) is 18.7 Å². The van der Waals surface area contributed by atoms with E-state index >= 15 is 0 Å². The Bertz CT molecular complexity index is 633. The van der Waals surface area contributed by atoms with Crippen molar-refractivity contribution in [3.8, 4) is 0 Å². The average Bonchev–Trinajstić information content (AvgIpc) is 2.48. The topological polar surface area (TPSA) is 51.4 Å². The third-order valence-electron chi connectivity index (χ3n) is 4.05. The highest BCUT2D eigenvalue weighted by Crippen LogP contribution is 2.30. The van der Waals surface area contributed by atoms with Gasteiger partial charge in [-0.15, -0.1) is 0 Å². The number of rotatable bonds is 2. The summed E-state index contributed by atoms with van der Waals surface area (Å²) < 4.78 is 5.41. The third kappa shape index (κ3) is 2.20. The number of morpholine rings is 1. The summed E-state index contributed by atoms with van der Waals surface area (Å²) in [6.45, 7) is 7.61. The Morgan fingerprint density at radius 3 is 2.75 bits per heavy atom. The van der Waals surface area contributed by atoms with Crippen LogP contribution in [0, 0.1) is 6.92 Å². The van der Waals surface area contributed by atoms with Crippen LogP contribution in [0.2, 0.25) is 0 Å². The van der Waals surface area contributed by atoms with Crippen LogP contribution >= 0.6 is 0 Å². The molecule has 0 saturated carbocycles.